The number of carbonyl (C=O) groups is 1. The summed E-state index contributed by atoms with van der Waals surface area (Å²) in [5.74, 6) is 0.347. The van der Waals surface area contributed by atoms with Crippen molar-refractivity contribution in [3.8, 4) is 0 Å². The van der Waals surface area contributed by atoms with Gasteiger partial charge in [0, 0.05) is 0 Å². The Balaban J connectivity index is 2.00. The third-order valence-electron chi connectivity index (χ3n) is 3.25. The smallest absolute Gasteiger partial charge is 0.323 e. The van der Waals surface area contributed by atoms with E-state index in [4.69, 9.17) is 4.74 Å². The van der Waals surface area contributed by atoms with Gasteiger partial charge in [0.05, 0.1) is 6.61 Å². The summed E-state index contributed by atoms with van der Waals surface area (Å²) in [6.45, 7) is 3.17. The normalized spacial score (nSPS) is 24.3. The van der Waals surface area contributed by atoms with Crippen LogP contribution in [0.1, 0.15) is 31.2 Å². The van der Waals surface area contributed by atoms with Crippen LogP contribution in [0.2, 0.25) is 0 Å². The zero-order valence-corrected chi connectivity index (χ0v) is 10.2. The van der Waals surface area contributed by atoms with Gasteiger partial charge in [0.25, 0.3) is 0 Å². The summed E-state index contributed by atoms with van der Waals surface area (Å²) in [6, 6.07) is 10.3. The molecule has 3 nitrogen and oxygen atoms in total. The molecule has 1 N–H and O–H groups in total. The number of hydrogen-bond acceptors (Lipinski definition) is 3. The first kappa shape index (κ1) is 12.1. The molecule has 1 heterocycles. The highest BCUT2D eigenvalue weighted by Crippen LogP contribution is 2.27. The minimum atomic E-state index is -0.145. The van der Waals surface area contributed by atoms with Crippen LogP contribution in [0.4, 0.5) is 0 Å². The minimum absolute atomic E-state index is 0.117. The molecule has 2 atom stereocenters. The van der Waals surface area contributed by atoms with Gasteiger partial charge in [0.2, 0.25) is 0 Å². The highest BCUT2D eigenvalue weighted by atomic mass is 16.5. The number of rotatable bonds is 3. The first-order valence-corrected chi connectivity index (χ1v) is 6.26. The Hall–Kier alpha value is -1.35. The second-order valence-electron chi connectivity index (χ2n) is 4.39. The maximum absolute atomic E-state index is 11.7. The number of carbonyl (C=O) groups excluding carboxylic acids is 1. The molecule has 1 aromatic carbocycles. The van der Waals surface area contributed by atoms with E-state index in [1.807, 2.05) is 13.0 Å². The second-order valence-corrected chi connectivity index (χ2v) is 4.39. The van der Waals surface area contributed by atoms with Crippen molar-refractivity contribution in [1.29, 1.82) is 0 Å². The first-order valence-electron chi connectivity index (χ1n) is 6.26. The molecular weight excluding hydrogens is 214 g/mol. The molecule has 1 saturated heterocycles. The van der Waals surface area contributed by atoms with Gasteiger partial charge < -0.3 is 10.1 Å². The fourth-order valence-corrected chi connectivity index (χ4v) is 2.37. The zero-order chi connectivity index (χ0) is 12.1. The summed E-state index contributed by atoms with van der Waals surface area (Å²) in [4.78, 5) is 11.7. The molecule has 2 rings (SSSR count). The molecule has 0 spiro atoms. The van der Waals surface area contributed by atoms with Crippen LogP contribution in [0.5, 0.6) is 0 Å². The molecule has 0 amide bonds. The van der Waals surface area contributed by atoms with E-state index in [9.17, 15) is 4.79 Å². The number of piperidine rings is 1. The van der Waals surface area contributed by atoms with E-state index in [2.05, 4.69) is 29.6 Å². The molecule has 1 aliphatic heterocycles. The van der Waals surface area contributed by atoms with Crippen LogP contribution in [0.3, 0.4) is 0 Å². The van der Waals surface area contributed by atoms with Gasteiger partial charge >= 0.3 is 5.97 Å². The van der Waals surface area contributed by atoms with E-state index < -0.39 is 0 Å². The maximum atomic E-state index is 11.7. The van der Waals surface area contributed by atoms with Crippen molar-refractivity contribution in [3.05, 3.63) is 35.9 Å². The van der Waals surface area contributed by atoms with Crippen molar-refractivity contribution in [2.75, 3.05) is 13.2 Å². The number of nitrogens with one attached hydrogen (secondary N) is 1. The molecule has 0 aromatic heterocycles. The molecule has 1 aromatic rings. The van der Waals surface area contributed by atoms with Gasteiger partial charge in [-0.25, -0.2) is 0 Å². The highest BCUT2D eigenvalue weighted by molar-refractivity contribution is 5.76. The van der Waals surface area contributed by atoms with Crippen molar-refractivity contribution in [2.24, 2.45) is 0 Å². The lowest BCUT2D eigenvalue weighted by Gasteiger charge is -2.29. The lowest BCUT2D eigenvalue weighted by atomic mass is 9.86. The van der Waals surface area contributed by atoms with Gasteiger partial charge in [-0.2, -0.15) is 0 Å². The fourth-order valence-electron chi connectivity index (χ4n) is 2.37. The Morgan fingerprint density at radius 1 is 1.41 bits per heavy atom. The van der Waals surface area contributed by atoms with Gasteiger partial charge in [0.15, 0.2) is 0 Å². The molecule has 0 radical (unpaired) electrons. The van der Waals surface area contributed by atoms with E-state index in [-0.39, 0.29) is 12.0 Å². The van der Waals surface area contributed by atoms with Crippen LogP contribution in [0, 0.1) is 0 Å². The molecule has 17 heavy (non-hydrogen) atoms. The predicted molar refractivity (Wildman–Crippen MR) is 66.8 cm³/mol. The average Bonchev–Trinajstić information content (AvgIpc) is 2.40. The van der Waals surface area contributed by atoms with Crippen LogP contribution < -0.4 is 5.32 Å². The van der Waals surface area contributed by atoms with Crippen molar-refractivity contribution in [3.63, 3.8) is 0 Å². The molecule has 0 unspecified atom stereocenters. The minimum Gasteiger partial charge on any atom is -0.465 e. The molecular formula is C14H19NO2. The third-order valence-corrected chi connectivity index (χ3v) is 3.25. The van der Waals surface area contributed by atoms with Gasteiger partial charge in [-0.3, -0.25) is 4.79 Å². The molecule has 0 bridgehead atoms. The summed E-state index contributed by atoms with van der Waals surface area (Å²) < 4.78 is 5.06. The topological polar surface area (TPSA) is 38.3 Å². The summed E-state index contributed by atoms with van der Waals surface area (Å²) in [5.41, 5.74) is 1.32. The second kappa shape index (κ2) is 5.82. The van der Waals surface area contributed by atoms with Crippen LogP contribution in [-0.2, 0) is 9.53 Å². The van der Waals surface area contributed by atoms with E-state index in [0.717, 1.165) is 19.4 Å². The Kier molecular flexibility index (Phi) is 4.15. The van der Waals surface area contributed by atoms with E-state index in [1.54, 1.807) is 0 Å². The van der Waals surface area contributed by atoms with Crippen LogP contribution in [-0.4, -0.2) is 25.2 Å². The summed E-state index contributed by atoms with van der Waals surface area (Å²) in [5, 5.41) is 3.23. The summed E-state index contributed by atoms with van der Waals surface area (Å²) >= 11 is 0. The van der Waals surface area contributed by atoms with Gasteiger partial charge in [0.1, 0.15) is 6.04 Å². The van der Waals surface area contributed by atoms with Gasteiger partial charge in [-0.1, -0.05) is 30.3 Å². The third kappa shape index (κ3) is 3.07. The predicted octanol–water partition coefficient (Wildman–Crippen LogP) is 2.09. The fraction of sp³-hybridized carbons (Fsp3) is 0.500. The average molecular weight is 233 g/mol. The zero-order valence-electron chi connectivity index (χ0n) is 10.2. The molecule has 0 saturated carbocycles. The monoisotopic (exact) mass is 233 g/mol. The lowest BCUT2D eigenvalue weighted by Crippen LogP contribution is -2.43. The van der Waals surface area contributed by atoms with Crippen molar-refractivity contribution in [2.45, 2.75) is 31.7 Å². The molecule has 92 valence electrons. The SMILES string of the molecule is CCOC(=O)[C@H]1C[C@@H](c2ccccc2)CCN1. The molecule has 1 aliphatic rings. The van der Waals surface area contributed by atoms with Crippen molar-refractivity contribution >= 4 is 5.97 Å². The lowest BCUT2D eigenvalue weighted by molar-refractivity contribution is -0.146. The number of ether oxygens (including phenoxy) is 1. The number of esters is 1. The van der Waals surface area contributed by atoms with Gasteiger partial charge in [-0.05, 0) is 37.8 Å². The summed E-state index contributed by atoms with van der Waals surface area (Å²) in [6.07, 6.45) is 1.92. The number of benzene rings is 1. The quantitative estimate of drug-likeness (QED) is 0.812. The molecule has 0 aliphatic carbocycles. The van der Waals surface area contributed by atoms with E-state index in [0.29, 0.717) is 12.5 Å². The number of hydrogen-bond donors (Lipinski definition) is 1. The Morgan fingerprint density at radius 3 is 2.88 bits per heavy atom. The molecule has 3 heteroatoms. The standard InChI is InChI=1S/C14H19NO2/c1-2-17-14(16)13-10-12(8-9-15-13)11-6-4-3-5-7-11/h3-7,12-13,15H,2,8-10H2,1H3/t12-,13+/m0/s1. The maximum Gasteiger partial charge on any atom is 0.323 e. The van der Waals surface area contributed by atoms with Crippen LogP contribution >= 0.6 is 0 Å². The van der Waals surface area contributed by atoms with E-state index in [1.165, 1.54) is 5.56 Å². The van der Waals surface area contributed by atoms with Crippen LogP contribution in [0.25, 0.3) is 0 Å². The van der Waals surface area contributed by atoms with E-state index >= 15 is 0 Å². The Bertz CT molecular complexity index is 364. The molecule has 1 fully saturated rings. The van der Waals surface area contributed by atoms with Gasteiger partial charge in [-0.15, -0.1) is 0 Å². The Morgan fingerprint density at radius 2 is 2.18 bits per heavy atom. The van der Waals surface area contributed by atoms with Crippen LogP contribution in [0.15, 0.2) is 30.3 Å². The summed E-state index contributed by atoms with van der Waals surface area (Å²) in [7, 11) is 0. The Labute approximate surface area is 102 Å². The first-order chi connectivity index (χ1) is 8.31. The van der Waals surface area contributed by atoms with Crippen molar-refractivity contribution < 1.29 is 9.53 Å². The van der Waals surface area contributed by atoms with Crippen molar-refractivity contribution in [1.82, 2.24) is 5.32 Å². The largest absolute Gasteiger partial charge is 0.465 e. The highest BCUT2D eigenvalue weighted by Gasteiger charge is 2.28.